The fourth-order valence-electron chi connectivity index (χ4n) is 2.01. The Morgan fingerprint density at radius 3 is 2.25 bits per heavy atom. The maximum atomic E-state index is 11.9. The quantitative estimate of drug-likeness (QED) is 0.805. The number of nitrogens with one attached hydrogen (secondary N) is 1. The van der Waals surface area contributed by atoms with Gasteiger partial charge < -0.3 is 10.4 Å². The van der Waals surface area contributed by atoms with Crippen LogP contribution >= 0.6 is 0 Å². The third-order valence-electron chi connectivity index (χ3n) is 3.16. The van der Waals surface area contributed by atoms with Crippen LogP contribution in [-0.4, -0.2) is 23.5 Å². The SMILES string of the molecule is CC(C)Cc1ccc([C@@H](C)C(=O)NCCC(=O)O)cc1. The molecule has 0 aliphatic carbocycles. The van der Waals surface area contributed by atoms with Crippen LogP contribution < -0.4 is 5.32 Å². The number of benzene rings is 1. The number of rotatable bonds is 7. The number of carbonyl (C=O) groups is 2. The number of carbonyl (C=O) groups excluding carboxylic acids is 1. The molecule has 0 spiro atoms. The molecular weight excluding hydrogens is 254 g/mol. The fraction of sp³-hybridized carbons (Fsp3) is 0.500. The Bertz CT molecular complexity index is 451. The van der Waals surface area contributed by atoms with Crippen LogP contribution in [0.4, 0.5) is 0 Å². The van der Waals surface area contributed by atoms with E-state index in [1.165, 1.54) is 5.56 Å². The van der Waals surface area contributed by atoms with Crippen LogP contribution in [0.1, 0.15) is 44.2 Å². The molecule has 110 valence electrons. The van der Waals surface area contributed by atoms with Crippen molar-refractivity contribution in [2.45, 2.75) is 39.5 Å². The zero-order valence-electron chi connectivity index (χ0n) is 12.3. The summed E-state index contributed by atoms with van der Waals surface area (Å²) in [5.41, 5.74) is 2.22. The van der Waals surface area contributed by atoms with E-state index in [2.05, 4.69) is 31.3 Å². The number of carboxylic acid groups (broad SMARTS) is 1. The predicted molar refractivity (Wildman–Crippen MR) is 78.7 cm³/mol. The lowest BCUT2D eigenvalue weighted by Crippen LogP contribution is -2.29. The molecule has 0 bridgehead atoms. The first-order chi connectivity index (χ1) is 9.40. The first-order valence-corrected chi connectivity index (χ1v) is 6.98. The summed E-state index contributed by atoms with van der Waals surface area (Å²) in [6.45, 7) is 6.34. The average molecular weight is 277 g/mol. The number of hydrogen-bond donors (Lipinski definition) is 2. The highest BCUT2D eigenvalue weighted by Gasteiger charge is 2.15. The van der Waals surface area contributed by atoms with Gasteiger partial charge in [-0.2, -0.15) is 0 Å². The third kappa shape index (κ3) is 5.43. The Kier molecular flexibility index (Phi) is 6.22. The largest absolute Gasteiger partial charge is 0.481 e. The van der Waals surface area contributed by atoms with E-state index in [9.17, 15) is 9.59 Å². The Hall–Kier alpha value is -1.84. The Labute approximate surface area is 120 Å². The lowest BCUT2D eigenvalue weighted by molar-refractivity contribution is -0.136. The van der Waals surface area contributed by atoms with Crippen LogP contribution in [0.2, 0.25) is 0 Å². The third-order valence-corrected chi connectivity index (χ3v) is 3.16. The molecule has 1 aromatic carbocycles. The van der Waals surface area contributed by atoms with Gasteiger partial charge in [-0.3, -0.25) is 9.59 Å². The zero-order valence-corrected chi connectivity index (χ0v) is 12.3. The smallest absolute Gasteiger partial charge is 0.305 e. The molecule has 0 saturated heterocycles. The maximum Gasteiger partial charge on any atom is 0.305 e. The molecule has 0 heterocycles. The number of hydrogen-bond acceptors (Lipinski definition) is 2. The molecule has 0 aliphatic heterocycles. The number of amides is 1. The molecule has 0 aliphatic rings. The maximum absolute atomic E-state index is 11.9. The minimum absolute atomic E-state index is 0.0498. The van der Waals surface area contributed by atoms with Crippen molar-refractivity contribution in [3.05, 3.63) is 35.4 Å². The minimum Gasteiger partial charge on any atom is -0.481 e. The van der Waals surface area contributed by atoms with Gasteiger partial charge in [0.05, 0.1) is 12.3 Å². The first-order valence-electron chi connectivity index (χ1n) is 6.98. The van der Waals surface area contributed by atoms with Crippen molar-refractivity contribution in [1.29, 1.82) is 0 Å². The van der Waals surface area contributed by atoms with Gasteiger partial charge in [0, 0.05) is 6.54 Å². The van der Waals surface area contributed by atoms with Crippen molar-refractivity contribution in [2.75, 3.05) is 6.54 Å². The normalized spacial score (nSPS) is 12.2. The van der Waals surface area contributed by atoms with E-state index in [4.69, 9.17) is 5.11 Å². The van der Waals surface area contributed by atoms with E-state index < -0.39 is 5.97 Å². The molecule has 20 heavy (non-hydrogen) atoms. The standard InChI is InChI=1S/C16H23NO3/c1-11(2)10-13-4-6-14(7-5-13)12(3)16(20)17-9-8-15(18)19/h4-7,11-12H,8-10H2,1-3H3,(H,17,20)(H,18,19)/t12-/m1/s1. The highest BCUT2D eigenvalue weighted by atomic mass is 16.4. The average Bonchev–Trinajstić information content (AvgIpc) is 2.37. The van der Waals surface area contributed by atoms with Gasteiger partial charge in [0.2, 0.25) is 5.91 Å². The van der Waals surface area contributed by atoms with Gasteiger partial charge in [0.15, 0.2) is 0 Å². The monoisotopic (exact) mass is 277 g/mol. The molecule has 0 unspecified atom stereocenters. The molecule has 1 amide bonds. The Morgan fingerprint density at radius 1 is 1.15 bits per heavy atom. The van der Waals surface area contributed by atoms with Gasteiger partial charge in [-0.1, -0.05) is 38.1 Å². The van der Waals surface area contributed by atoms with E-state index in [0.29, 0.717) is 5.92 Å². The van der Waals surface area contributed by atoms with Crippen molar-refractivity contribution < 1.29 is 14.7 Å². The molecule has 2 N–H and O–H groups in total. The van der Waals surface area contributed by atoms with Crippen LogP contribution in [0.5, 0.6) is 0 Å². The van der Waals surface area contributed by atoms with Crippen LogP contribution in [0.15, 0.2) is 24.3 Å². The zero-order chi connectivity index (χ0) is 15.1. The molecule has 0 saturated carbocycles. The summed E-state index contributed by atoms with van der Waals surface area (Å²) in [6.07, 6.45) is 0.977. The van der Waals surface area contributed by atoms with Gasteiger partial charge in [-0.25, -0.2) is 0 Å². The molecule has 4 heteroatoms. The highest BCUT2D eigenvalue weighted by molar-refractivity contribution is 5.83. The fourth-order valence-corrected chi connectivity index (χ4v) is 2.01. The van der Waals surface area contributed by atoms with Crippen LogP contribution in [0.25, 0.3) is 0 Å². The topological polar surface area (TPSA) is 66.4 Å². The minimum atomic E-state index is -0.906. The first kappa shape index (κ1) is 16.2. The molecule has 4 nitrogen and oxygen atoms in total. The molecule has 1 atom stereocenters. The van der Waals surface area contributed by atoms with Gasteiger partial charge in [-0.15, -0.1) is 0 Å². The van der Waals surface area contributed by atoms with E-state index in [-0.39, 0.29) is 24.8 Å². The summed E-state index contributed by atoms with van der Waals surface area (Å²) in [7, 11) is 0. The van der Waals surface area contributed by atoms with E-state index in [1.807, 2.05) is 19.1 Å². The summed E-state index contributed by atoms with van der Waals surface area (Å²) in [5.74, 6) is -0.701. The van der Waals surface area contributed by atoms with Crippen LogP contribution in [0.3, 0.4) is 0 Å². The van der Waals surface area contributed by atoms with Crippen molar-refractivity contribution >= 4 is 11.9 Å². The predicted octanol–water partition coefficient (Wildman–Crippen LogP) is 2.58. The van der Waals surface area contributed by atoms with Crippen molar-refractivity contribution in [1.82, 2.24) is 5.32 Å². The summed E-state index contributed by atoms with van der Waals surface area (Å²) in [6, 6.07) is 8.05. The lowest BCUT2D eigenvalue weighted by atomic mass is 9.96. The van der Waals surface area contributed by atoms with Crippen LogP contribution in [-0.2, 0) is 16.0 Å². The summed E-state index contributed by atoms with van der Waals surface area (Å²) < 4.78 is 0. The second-order valence-electron chi connectivity index (χ2n) is 5.50. The molecule has 0 aromatic heterocycles. The second-order valence-corrected chi connectivity index (χ2v) is 5.50. The lowest BCUT2D eigenvalue weighted by Gasteiger charge is -2.13. The number of carboxylic acids is 1. The summed E-state index contributed by atoms with van der Waals surface area (Å²) in [4.78, 5) is 22.3. The Morgan fingerprint density at radius 2 is 1.75 bits per heavy atom. The van der Waals surface area contributed by atoms with Crippen molar-refractivity contribution in [3.8, 4) is 0 Å². The summed E-state index contributed by atoms with van der Waals surface area (Å²) >= 11 is 0. The van der Waals surface area contributed by atoms with Gasteiger partial charge in [-0.05, 0) is 30.4 Å². The molecular formula is C16H23NO3. The second kappa shape index (κ2) is 7.68. The Balaban J connectivity index is 2.55. The van der Waals surface area contributed by atoms with Crippen molar-refractivity contribution in [2.24, 2.45) is 5.92 Å². The van der Waals surface area contributed by atoms with E-state index >= 15 is 0 Å². The number of aliphatic carboxylic acids is 1. The van der Waals surface area contributed by atoms with Crippen LogP contribution in [0, 0.1) is 5.92 Å². The van der Waals surface area contributed by atoms with Crippen molar-refractivity contribution in [3.63, 3.8) is 0 Å². The molecule has 0 radical (unpaired) electrons. The van der Waals surface area contributed by atoms with Gasteiger partial charge in [0.25, 0.3) is 0 Å². The molecule has 0 fully saturated rings. The van der Waals surface area contributed by atoms with E-state index in [1.54, 1.807) is 0 Å². The van der Waals surface area contributed by atoms with Gasteiger partial charge in [0.1, 0.15) is 0 Å². The molecule has 1 rings (SSSR count). The summed E-state index contributed by atoms with van der Waals surface area (Å²) in [5, 5.41) is 11.2. The highest BCUT2D eigenvalue weighted by Crippen LogP contribution is 2.17. The van der Waals surface area contributed by atoms with Gasteiger partial charge >= 0.3 is 5.97 Å². The molecule has 1 aromatic rings. The van der Waals surface area contributed by atoms with E-state index in [0.717, 1.165) is 12.0 Å².